The molecule has 5 nitrogen and oxygen atoms in total. The zero-order chi connectivity index (χ0) is 14.9. The van der Waals surface area contributed by atoms with E-state index >= 15 is 0 Å². The maximum atomic E-state index is 14.2. The summed E-state index contributed by atoms with van der Waals surface area (Å²) in [5, 5.41) is 9.11. The number of carboxylic acid groups (broad SMARTS) is 1. The molecule has 1 aromatic carbocycles. The number of carboxylic acids is 1. The van der Waals surface area contributed by atoms with Crippen molar-refractivity contribution >= 4 is 34.2 Å². The number of rotatable bonds is 3. The Balaban J connectivity index is 2.71. The van der Waals surface area contributed by atoms with Crippen LogP contribution in [0.1, 0.15) is 10.5 Å². The summed E-state index contributed by atoms with van der Waals surface area (Å²) in [7, 11) is 1.21. The molecule has 0 unspecified atom stereocenters. The fourth-order valence-electron chi connectivity index (χ4n) is 1.72. The third-order valence-electron chi connectivity index (χ3n) is 2.65. The van der Waals surface area contributed by atoms with Crippen molar-refractivity contribution in [1.82, 2.24) is 4.98 Å². The van der Waals surface area contributed by atoms with Crippen molar-refractivity contribution in [2.45, 2.75) is 0 Å². The number of benzene rings is 1. The van der Waals surface area contributed by atoms with Crippen LogP contribution in [0.3, 0.4) is 0 Å². The number of carbonyl (C=O) groups is 1. The molecule has 1 aromatic heterocycles. The first-order chi connectivity index (χ1) is 9.45. The molecule has 0 spiro atoms. The summed E-state index contributed by atoms with van der Waals surface area (Å²) in [6.07, 6.45) is 0. The highest BCUT2D eigenvalue weighted by atomic mass is 127. The van der Waals surface area contributed by atoms with Crippen molar-refractivity contribution in [2.24, 2.45) is 0 Å². The Morgan fingerprint density at radius 3 is 2.50 bits per heavy atom. The van der Waals surface area contributed by atoms with E-state index in [4.69, 9.17) is 15.6 Å². The van der Waals surface area contributed by atoms with Crippen LogP contribution < -0.4 is 10.5 Å². The first-order valence-corrected chi connectivity index (χ1v) is 6.55. The molecule has 0 bridgehead atoms. The number of nitrogen functional groups attached to an aromatic ring is 1. The molecule has 1 heterocycles. The molecule has 104 valence electrons. The summed E-state index contributed by atoms with van der Waals surface area (Å²) in [4.78, 5) is 15.0. The van der Waals surface area contributed by atoms with Crippen LogP contribution in [0.5, 0.6) is 5.75 Å². The van der Waals surface area contributed by atoms with Gasteiger partial charge in [-0.2, -0.15) is 0 Å². The van der Waals surface area contributed by atoms with Gasteiger partial charge in [-0.3, -0.25) is 0 Å². The van der Waals surface area contributed by atoms with Gasteiger partial charge in [-0.1, -0.05) is 12.1 Å². The molecule has 0 saturated carbocycles. The minimum Gasteiger partial charge on any atom is -0.492 e. The van der Waals surface area contributed by atoms with E-state index in [2.05, 4.69) is 27.6 Å². The predicted octanol–water partition coefficient (Wildman–Crippen LogP) is 2.78. The van der Waals surface area contributed by atoms with Gasteiger partial charge in [0.05, 0.1) is 7.11 Å². The van der Waals surface area contributed by atoms with Gasteiger partial charge in [0.25, 0.3) is 0 Å². The van der Waals surface area contributed by atoms with Crippen molar-refractivity contribution in [1.29, 1.82) is 0 Å². The van der Waals surface area contributed by atoms with Gasteiger partial charge in [0.15, 0.2) is 17.3 Å². The largest absolute Gasteiger partial charge is 0.492 e. The van der Waals surface area contributed by atoms with Crippen molar-refractivity contribution in [3.05, 3.63) is 39.3 Å². The first kappa shape index (κ1) is 14.5. The molecular weight excluding hydrogens is 378 g/mol. The topological polar surface area (TPSA) is 85.4 Å². The lowest BCUT2D eigenvalue weighted by Gasteiger charge is -2.12. The van der Waals surface area contributed by atoms with Gasteiger partial charge in [-0.05, 0) is 34.7 Å². The number of hydrogen-bond acceptors (Lipinski definition) is 4. The monoisotopic (exact) mass is 388 g/mol. The van der Waals surface area contributed by atoms with E-state index in [1.54, 1.807) is 24.3 Å². The van der Waals surface area contributed by atoms with Crippen molar-refractivity contribution < 1.29 is 19.0 Å². The maximum absolute atomic E-state index is 14.2. The van der Waals surface area contributed by atoms with Crippen LogP contribution in [-0.4, -0.2) is 23.2 Å². The van der Waals surface area contributed by atoms with Crippen LogP contribution in [0.2, 0.25) is 0 Å². The lowest BCUT2D eigenvalue weighted by molar-refractivity contribution is 0.0686. The lowest BCUT2D eigenvalue weighted by Crippen LogP contribution is -2.10. The zero-order valence-corrected chi connectivity index (χ0v) is 12.5. The maximum Gasteiger partial charge on any atom is 0.358 e. The Hall–Kier alpha value is -1.90. The number of pyridine rings is 1. The second-order valence-electron chi connectivity index (χ2n) is 3.88. The van der Waals surface area contributed by atoms with Crippen LogP contribution in [0.25, 0.3) is 11.3 Å². The number of anilines is 1. The summed E-state index contributed by atoms with van der Waals surface area (Å²) < 4.78 is 20.0. The van der Waals surface area contributed by atoms with E-state index in [1.807, 2.05) is 0 Å². The molecule has 0 amide bonds. The highest BCUT2D eigenvalue weighted by Crippen LogP contribution is 2.34. The van der Waals surface area contributed by atoms with Crippen LogP contribution >= 0.6 is 22.6 Å². The number of nitrogens with zero attached hydrogens (tertiary/aromatic N) is 1. The highest BCUT2D eigenvalue weighted by Gasteiger charge is 2.23. The number of aromatic nitrogens is 1. The van der Waals surface area contributed by atoms with Crippen molar-refractivity contribution in [3.63, 3.8) is 0 Å². The summed E-state index contributed by atoms with van der Waals surface area (Å²) in [6.45, 7) is 0. The van der Waals surface area contributed by atoms with Gasteiger partial charge in [0, 0.05) is 9.13 Å². The van der Waals surface area contributed by atoms with Crippen LogP contribution in [0.4, 0.5) is 10.1 Å². The second-order valence-corrected chi connectivity index (χ2v) is 5.13. The summed E-state index contributed by atoms with van der Waals surface area (Å²) in [5.41, 5.74) is 5.14. The van der Waals surface area contributed by atoms with Crippen molar-refractivity contribution in [2.75, 3.05) is 12.8 Å². The Bertz CT molecular complexity index is 674. The van der Waals surface area contributed by atoms with E-state index in [1.165, 1.54) is 7.11 Å². The van der Waals surface area contributed by atoms with Crippen LogP contribution in [0.15, 0.2) is 24.3 Å². The van der Waals surface area contributed by atoms with Gasteiger partial charge >= 0.3 is 5.97 Å². The molecule has 2 aromatic rings. The van der Waals surface area contributed by atoms with Crippen LogP contribution in [0, 0.1) is 9.39 Å². The molecule has 0 fully saturated rings. The normalized spacial score (nSPS) is 10.3. The number of nitrogens with two attached hydrogens (primary N) is 1. The van der Waals surface area contributed by atoms with Gasteiger partial charge in [0.1, 0.15) is 11.4 Å². The number of hydrogen-bond donors (Lipinski definition) is 2. The molecule has 0 radical (unpaired) electrons. The molecule has 7 heteroatoms. The average molecular weight is 388 g/mol. The lowest BCUT2D eigenvalue weighted by atomic mass is 10.1. The standard InChI is InChI=1S/C13H10FIN2O3/c1-20-12-9(16)8(14)10(17-11(12)13(18)19)6-2-4-7(15)5-3-6/h2-5H,1H3,(H2,16,17)(H,18,19). The number of halogens is 2. The van der Waals surface area contributed by atoms with E-state index in [-0.39, 0.29) is 17.1 Å². The first-order valence-electron chi connectivity index (χ1n) is 5.48. The number of methoxy groups -OCH3 is 1. The Kier molecular flexibility index (Phi) is 4.07. The van der Waals surface area contributed by atoms with Gasteiger partial charge in [0.2, 0.25) is 0 Å². The fraction of sp³-hybridized carbons (Fsp3) is 0.0769. The quantitative estimate of drug-likeness (QED) is 0.790. The number of ether oxygens (including phenoxy) is 1. The minimum absolute atomic E-state index is 0.114. The molecular formula is C13H10FIN2O3. The van der Waals surface area contributed by atoms with Crippen molar-refractivity contribution in [3.8, 4) is 17.0 Å². The van der Waals surface area contributed by atoms with Crippen LogP contribution in [-0.2, 0) is 0 Å². The van der Waals surface area contributed by atoms with Gasteiger partial charge in [-0.25, -0.2) is 14.2 Å². The third kappa shape index (κ3) is 2.53. The van der Waals surface area contributed by atoms with E-state index in [0.717, 1.165) is 3.57 Å². The minimum atomic E-state index is -1.33. The molecule has 3 N–H and O–H groups in total. The smallest absolute Gasteiger partial charge is 0.358 e. The summed E-state index contributed by atoms with van der Waals surface area (Å²) >= 11 is 2.11. The highest BCUT2D eigenvalue weighted by molar-refractivity contribution is 14.1. The Morgan fingerprint density at radius 2 is 2.00 bits per heavy atom. The van der Waals surface area contributed by atoms with Gasteiger partial charge < -0.3 is 15.6 Å². The van der Waals surface area contributed by atoms with E-state index in [0.29, 0.717) is 5.56 Å². The molecule has 2 rings (SSSR count). The van der Waals surface area contributed by atoms with E-state index < -0.39 is 17.5 Å². The molecule has 0 aliphatic heterocycles. The summed E-state index contributed by atoms with van der Waals surface area (Å²) in [5.74, 6) is -2.40. The Morgan fingerprint density at radius 1 is 1.40 bits per heavy atom. The SMILES string of the molecule is COc1c(C(=O)O)nc(-c2ccc(I)cc2)c(F)c1N. The molecule has 0 aliphatic rings. The van der Waals surface area contributed by atoms with E-state index in [9.17, 15) is 9.18 Å². The molecule has 0 saturated heterocycles. The zero-order valence-electron chi connectivity index (χ0n) is 10.4. The second kappa shape index (κ2) is 5.61. The molecule has 20 heavy (non-hydrogen) atoms. The molecule has 0 atom stereocenters. The summed E-state index contributed by atoms with van der Waals surface area (Å²) in [6, 6.07) is 6.81. The van der Waals surface area contributed by atoms with Gasteiger partial charge in [-0.15, -0.1) is 0 Å². The third-order valence-corrected chi connectivity index (χ3v) is 3.37. The molecule has 0 aliphatic carbocycles. The predicted molar refractivity (Wildman–Crippen MR) is 80.3 cm³/mol. The average Bonchev–Trinajstić information content (AvgIpc) is 2.42. The number of aromatic carboxylic acids is 1. The fourth-order valence-corrected chi connectivity index (χ4v) is 2.08. The Labute approximate surface area is 127 Å².